The Labute approximate surface area is 81.7 Å². The summed E-state index contributed by atoms with van der Waals surface area (Å²) >= 11 is 5.01. The van der Waals surface area contributed by atoms with Crippen LogP contribution in [0.5, 0.6) is 0 Å². The van der Waals surface area contributed by atoms with Crippen LogP contribution < -0.4 is 5.56 Å². The molecule has 3 nitrogen and oxygen atoms in total. The number of aromatic amines is 1. The summed E-state index contributed by atoms with van der Waals surface area (Å²) in [6, 6.07) is 0. The van der Waals surface area contributed by atoms with E-state index in [-0.39, 0.29) is 5.56 Å². The monoisotopic (exact) mass is 196 g/mol. The fourth-order valence-electron chi connectivity index (χ4n) is 1.07. The van der Waals surface area contributed by atoms with Gasteiger partial charge in [-0.05, 0) is 26.1 Å². The molecule has 0 unspecified atom stereocenters. The predicted molar refractivity (Wildman–Crippen MR) is 55.6 cm³/mol. The Morgan fingerprint density at radius 3 is 2.77 bits per heavy atom. The zero-order valence-corrected chi connectivity index (χ0v) is 8.57. The fourth-order valence-corrected chi connectivity index (χ4v) is 1.38. The van der Waals surface area contributed by atoms with Crippen molar-refractivity contribution in [2.45, 2.75) is 20.4 Å². The van der Waals surface area contributed by atoms with E-state index in [9.17, 15) is 4.79 Å². The van der Waals surface area contributed by atoms with Gasteiger partial charge in [-0.1, -0.05) is 6.08 Å². The Hall–Kier alpha value is -1.16. The van der Waals surface area contributed by atoms with Crippen LogP contribution >= 0.6 is 12.2 Å². The van der Waals surface area contributed by atoms with E-state index in [1.807, 2.05) is 6.92 Å². The summed E-state index contributed by atoms with van der Waals surface area (Å²) < 4.78 is 1.94. The van der Waals surface area contributed by atoms with Gasteiger partial charge in [0.15, 0.2) is 4.77 Å². The second-order valence-electron chi connectivity index (χ2n) is 2.88. The number of H-pyrrole nitrogens is 1. The van der Waals surface area contributed by atoms with E-state index < -0.39 is 0 Å². The number of hydrogen-bond acceptors (Lipinski definition) is 2. The Kier molecular flexibility index (Phi) is 2.83. The van der Waals surface area contributed by atoms with Gasteiger partial charge in [-0.3, -0.25) is 9.36 Å². The van der Waals surface area contributed by atoms with Crippen molar-refractivity contribution in [2.75, 3.05) is 0 Å². The van der Waals surface area contributed by atoms with Gasteiger partial charge >= 0.3 is 0 Å². The maximum Gasteiger partial charge on any atom is 0.257 e. The average Bonchev–Trinajstić information content (AvgIpc) is 2.09. The first kappa shape index (κ1) is 9.92. The third-order valence-corrected chi connectivity index (χ3v) is 2.30. The number of nitrogens with one attached hydrogen (secondary N) is 1. The maximum atomic E-state index is 11.6. The molecule has 0 spiro atoms. The number of hydrogen-bond donors (Lipinski definition) is 1. The van der Waals surface area contributed by atoms with Gasteiger partial charge in [0.05, 0.1) is 0 Å². The molecule has 0 fully saturated rings. The molecule has 1 heterocycles. The van der Waals surface area contributed by atoms with Gasteiger partial charge < -0.3 is 4.98 Å². The lowest BCUT2D eigenvalue weighted by Crippen LogP contribution is -2.24. The van der Waals surface area contributed by atoms with E-state index in [0.717, 1.165) is 5.69 Å². The van der Waals surface area contributed by atoms with Gasteiger partial charge in [0.1, 0.15) is 0 Å². The van der Waals surface area contributed by atoms with Gasteiger partial charge in [-0.25, -0.2) is 0 Å². The molecular formula is C9H12N2OS. The molecule has 0 aliphatic rings. The molecule has 0 saturated carbocycles. The topological polar surface area (TPSA) is 37.8 Å². The molecule has 1 aromatic rings. The molecule has 0 atom stereocenters. The Morgan fingerprint density at radius 1 is 1.62 bits per heavy atom. The summed E-state index contributed by atoms with van der Waals surface area (Å²) in [4.78, 5) is 14.6. The summed E-state index contributed by atoms with van der Waals surface area (Å²) in [5.41, 5.74) is 1.49. The fraction of sp³-hybridized carbons (Fsp3) is 0.333. The Balaban J connectivity index is 3.53. The summed E-state index contributed by atoms with van der Waals surface area (Å²) in [7, 11) is 0. The first-order chi connectivity index (χ1) is 6.07. The summed E-state index contributed by atoms with van der Waals surface area (Å²) in [5, 5.41) is 0. The minimum atomic E-state index is -0.0406. The van der Waals surface area contributed by atoms with Crippen molar-refractivity contribution in [3.8, 4) is 0 Å². The SMILES string of the molecule is C=CCn1c(=S)[nH]c(C)c(C)c1=O. The highest BCUT2D eigenvalue weighted by Gasteiger charge is 2.02. The molecule has 1 aromatic heterocycles. The number of rotatable bonds is 2. The van der Waals surface area contributed by atoms with Crippen LogP contribution in [0.4, 0.5) is 0 Å². The third kappa shape index (κ3) is 1.78. The summed E-state index contributed by atoms with van der Waals surface area (Å²) in [6.07, 6.45) is 1.65. The molecule has 4 heteroatoms. The van der Waals surface area contributed by atoms with E-state index in [1.165, 1.54) is 4.57 Å². The normalized spacial score (nSPS) is 10.0. The van der Waals surface area contributed by atoms with Gasteiger partial charge in [0, 0.05) is 17.8 Å². The highest BCUT2D eigenvalue weighted by Crippen LogP contribution is 1.96. The van der Waals surface area contributed by atoms with Crippen LogP contribution in [0.25, 0.3) is 0 Å². The predicted octanol–water partition coefficient (Wildman–Crippen LogP) is 1.71. The first-order valence-electron chi connectivity index (χ1n) is 3.99. The van der Waals surface area contributed by atoms with Crippen molar-refractivity contribution in [3.63, 3.8) is 0 Å². The molecular weight excluding hydrogens is 184 g/mol. The lowest BCUT2D eigenvalue weighted by atomic mass is 10.3. The van der Waals surface area contributed by atoms with Gasteiger partial charge in [0.25, 0.3) is 5.56 Å². The smallest absolute Gasteiger partial charge is 0.257 e. The number of aromatic nitrogens is 2. The van der Waals surface area contributed by atoms with Crippen LogP contribution in [-0.4, -0.2) is 9.55 Å². The van der Waals surface area contributed by atoms with E-state index in [4.69, 9.17) is 12.2 Å². The largest absolute Gasteiger partial charge is 0.336 e. The van der Waals surface area contributed by atoms with Crippen molar-refractivity contribution < 1.29 is 0 Å². The lowest BCUT2D eigenvalue weighted by Gasteiger charge is -2.05. The Bertz CT molecular complexity index is 442. The quantitative estimate of drug-likeness (QED) is 0.577. The van der Waals surface area contributed by atoms with Crippen molar-refractivity contribution in [1.29, 1.82) is 0 Å². The molecule has 1 N–H and O–H groups in total. The molecule has 0 aromatic carbocycles. The second kappa shape index (κ2) is 3.70. The molecule has 13 heavy (non-hydrogen) atoms. The summed E-state index contributed by atoms with van der Waals surface area (Å²) in [6.45, 7) is 7.64. The van der Waals surface area contributed by atoms with Crippen LogP contribution in [0.2, 0.25) is 0 Å². The molecule has 0 amide bonds. The van der Waals surface area contributed by atoms with Gasteiger partial charge in [-0.2, -0.15) is 0 Å². The minimum absolute atomic E-state index is 0.0406. The average molecular weight is 196 g/mol. The van der Waals surface area contributed by atoms with Crippen molar-refractivity contribution in [3.05, 3.63) is 39.0 Å². The van der Waals surface area contributed by atoms with E-state index in [0.29, 0.717) is 16.9 Å². The van der Waals surface area contributed by atoms with Crippen molar-refractivity contribution >= 4 is 12.2 Å². The number of allylic oxidation sites excluding steroid dienone is 1. The highest BCUT2D eigenvalue weighted by molar-refractivity contribution is 7.71. The third-order valence-electron chi connectivity index (χ3n) is 1.98. The van der Waals surface area contributed by atoms with Crippen LogP contribution in [0.1, 0.15) is 11.3 Å². The standard InChI is InChI=1S/C9H12N2OS/c1-4-5-11-8(12)6(2)7(3)10-9(11)13/h4H,1,5H2,2-3H3,(H,10,13). The highest BCUT2D eigenvalue weighted by atomic mass is 32.1. The van der Waals surface area contributed by atoms with E-state index in [1.54, 1.807) is 13.0 Å². The van der Waals surface area contributed by atoms with E-state index >= 15 is 0 Å². The van der Waals surface area contributed by atoms with Gasteiger partial charge in [-0.15, -0.1) is 6.58 Å². The number of aryl methyl sites for hydroxylation is 1. The first-order valence-corrected chi connectivity index (χ1v) is 4.40. The van der Waals surface area contributed by atoms with Crippen molar-refractivity contribution in [2.24, 2.45) is 0 Å². The molecule has 0 saturated heterocycles. The molecule has 0 aliphatic carbocycles. The lowest BCUT2D eigenvalue weighted by molar-refractivity contribution is 0.722. The molecule has 0 bridgehead atoms. The van der Waals surface area contributed by atoms with Gasteiger partial charge in [0.2, 0.25) is 0 Å². The van der Waals surface area contributed by atoms with Crippen LogP contribution in [0, 0.1) is 18.6 Å². The zero-order valence-electron chi connectivity index (χ0n) is 7.76. The van der Waals surface area contributed by atoms with Crippen LogP contribution in [0.15, 0.2) is 17.4 Å². The molecule has 1 rings (SSSR count). The zero-order chi connectivity index (χ0) is 10.0. The molecule has 0 aliphatic heterocycles. The minimum Gasteiger partial charge on any atom is -0.336 e. The molecule has 70 valence electrons. The van der Waals surface area contributed by atoms with Crippen LogP contribution in [0.3, 0.4) is 0 Å². The second-order valence-corrected chi connectivity index (χ2v) is 3.27. The summed E-state index contributed by atoms with van der Waals surface area (Å²) in [5.74, 6) is 0. The maximum absolute atomic E-state index is 11.6. The van der Waals surface area contributed by atoms with Crippen LogP contribution in [-0.2, 0) is 6.54 Å². The number of nitrogens with zero attached hydrogens (tertiary/aromatic N) is 1. The van der Waals surface area contributed by atoms with Crippen molar-refractivity contribution in [1.82, 2.24) is 9.55 Å². The molecule has 0 radical (unpaired) electrons. The van der Waals surface area contributed by atoms with E-state index in [2.05, 4.69) is 11.6 Å². The Morgan fingerprint density at radius 2 is 2.23 bits per heavy atom.